The van der Waals surface area contributed by atoms with Crippen LogP contribution in [0.4, 0.5) is 10.5 Å². The van der Waals surface area contributed by atoms with Crippen molar-refractivity contribution in [1.82, 2.24) is 20.0 Å². The molecule has 174 valence electrons. The summed E-state index contributed by atoms with van der Waals surface area (Å²) in [5, 5.41) is 11.2. The summed E-state index contributed by atoms with van der Waals surface area (Å²) in [6, 6.07) is 4.21. The Morgan fingerprint density at radius 3 is 2.36 bits per heavy atom. The number of carboxylic acid groups (broad SMARTS) is 1. The van der Waals surface area contributed by atoms with Crippen molar-refractivity contribution in [3.8, 4) is 0 Å². The van der Waals surface area contributed by atoms with Gasteiger partial charge in [-0.15, -0.1) is 0 Å². The van der Waals surface area contributed by atoms with Gasteiger partial charge in [-0.25, -0.2) is 4.79 Å². The van der Waals surface area contributed by atoms with Crippen molar-refractivity contribution in [2.45, 2.75) is 18.9 Å². The zero-order valence-corrected chi connectivity index (χ0v) is 18.0. The Morgan fingerprint density at radius 2 is 1.70 bits per heavy atom. The van der Waals surface area contributed by atoms with Crippen molar-refractivity contribution in [2.75, 3.05) is 50.7 Å². The molecule has 33 heavy (non-hydrogen) atoms. The second kappa shape index (κ2) is 8.14. The number of anilines is 1. The van der Waals surface area contributed by atoms with Gasteiger partial charge in [-0.05, 0) is 24.6 Å². The number of carbonyl (C=O) groups is 5. The third-order valence-electron chi connectivity index (χ3n) is 6.90. The maximum atomic E-state index is 13.0. The number of piperidine rings is 1. The fraction of sp³-hybridized carbons (Fsp3) is 0.500. The van der Waals surface area contributed by atoms with Gasteiger partial charge >= 0.3 is 6.09 Å². The molecule has 0 aliphatic carbocycles. The van der Waals surface area contributed by atoms with E-state index in [9.17, 15) is 24.0 Å². The van der Waals surface area contributed by atoms with Gasteiger partial charge in [0.25, 0.3) is 11.8 Å². The Bertz CT molecular complexity index is 1040. The molecule has 1 aromatic carbocycles. The van der Waals surface area contributed by atoms with Gasteiger partial charge in [-0.1, -0.05) is 0 Å². The SMILES string of the molecule is O=C1CCC(N2C(=O)c3ccc(N4CCN(CC5CN(C(=O)O)C5)CC4)cc3C2=O)C(=O)N1. The summed E-state index contributed by atoms with van der Waals surface area (Å²) in [4.78, 5) is 67.3. The first-order valence-electron chi connectivity index (χ1n) is 11.1. The average Bonchev–Trinajstić information content (AvgIpc) is 3.00. The first kappa shape index (κ1) is 21.4. The van der Waals surface area contributed by atoms with Crippen LogP contribution in [0.15, 0.2) is 18.2 Å². The van der Waals surface area contributed by atoms with Gasteiger partial charge in [-0.2, -0.15) is 0 Å². The minimum atomic E-state index is -0.967. The second-order valence-electron chi connectivity index (χ2n) is 9.02. The molecule has 0 aromatic heterocycles. The van der Waals surface area contributed by atoms with E-state index in [0.717, 1.165) is 43.3 Å². The number of fused-ring (bicyclic) bond motifs is 1. The molecule has 3 fully saturated rings. The van der Waals surface area contributed by atoms with Crippen molar-refractivity contribution in [3.63, 3.8) is 0 Å². The number of carbonyl (C=O) groups excluding carboxylic acids is 4. The van der Waals surface area contributed by atoms with Crippen molar-refractivity contribution < 1.29 is 29.1 Å². The maximum Gasteiger partial charge on any atom is 0.407 e. The summed E-state index contributed by atoms with van der Waals surface area (Å²) in [7, 11) is 0. The standard InChI is InChI=1S/C22H25N5O6/c28-18-4-3-17(19(29)23-18)27-20(30)15-2-1-14(9-16(15)21(27)31)25-7-5-24(6-8-25)10-13-11-26(12-13)22(32)33/h1-2,9,13,17H,3-8,10-12H2,(H,32,33)(H,23,28,29). The van der Waals surface area contributed by atoms with Gasteiger partial charge in [0.05, 0.1) is 11.1 Å². The lowest BCUT2D eigenvalue weighted by Crippen LogP contribution is -2.56. The highest BCUT2D eigenvalue weighted by atomic mass is 16.4. The fourth-order valence-electron chi connectivity index (χ4n) is 5.05. The van der Waals surface area contributed by atoms with Crippen LogP contribution in [0.2, 0.25) is 0 Å². The van der Waals surface area contributed by atoms with Gasteiger partial charge in [0.1, 0.15) is 6.04 Å². The number of hydrogen-bond acceptors (Lipinski definition) is 7. The van der Waals surface area contributed by atoms with E-state index in [1.54, 1.807) is 12.1 Å². The van der Waals surface area contributed by atoms with Gasteiger partial charge in [0.2, 0.25) is 11.8 Å². The van der Waals surface area contributed by atoms with Gasteiger partial charge < -0.3 is 14.9 Å². The lowest BCUT2D eigenvalue weighted by Gasteiger charge is -2.42. The summed E-state index contributed by atoms with van der Waals surface area (Å²) in [5.74, 6) is -1.65. The highest BCUT2D eigenvalue weighted by Crippen LogP contribution is 2.31. The first-order valence-corrected chi connectivity index (χ1v) is 11.1. The average molecular weight is 455 g/mol. The van der Waals surface area contributed by atoms with Crippen LogP contribution in [0, 0.1) is 5.92 Å². The van der Waals surface area contributed by atoms with E-state index < -0.39 is 35.8 Å². The van der Waals surface area contributed by atoms with E-state index in [4.69, 9.17) is 5.11 Å². The van der Waals surface area contributed by atoms with Crippen LogP contribution in [0.3, 0.4) is 0 Å². The normalized spacial score (nSPS) is 24.1. The summed E-state index contributed by atoms with van der Waals surface area (Å²) < 4.78 is 0. The molecule has 11 nitrogen and oxygen atoms in total. The smallest absolute Gasteiger partial charge is 0.407 e. The largest absolute Gasteiger partial charge is 0.465 e. The second-order valence-corrected chi connectivity index (χ2v) is 9.02. The Labute approximate surface area is 189 Å². The molecule has 2 N–H and O–H groups in total. The number of rotatable bonds is 4. The minimum absolute atomic E-state index is 0.0918. The molecule has 5 amide bonds. The lowest BCUT2D eigenvalue weighted by molar-refractivity contribution is -0.136. The molecule has 4 aliphatic heterocycles. The lowest BCUT2D eigenvalue weighted by atomic mass is 10.00. The highest BCUT2D eigenvalue weighted by Gasteiger charge is 2.44. The summed E-state index contributed by atoms with van der Waals surface area (Å²) in [6.07, 6.45) is -0.637. The Kier molecular flexibility index (Phi) is 5.28. The van der Waals surface area contributed by atoms with E-state index in [2.05, 4.69) is 15.1 Å². The zero-order valence-electron chi connectivity index (χ0n) is 18.0. The molecule has 4 heterocycles. The monoisotopic (exact) mass is 455 g/mol. The van der Waals surface area contributed by atoms with Crippen molar-refractivity contribution >= 4 is 35.4 Å². The van der Waals surface area contributed by atoms with E-state index >= 15 is 0 Å². The summed E-state index contributed by atoms with van der Waals surface area (Å²) in [6.45, 7) is 5.21. The van der Waals surface area contributed by atoms with Gasteiger partial charge in [-0.3, -0.25) is 34.3 Å². The van der Waals surface area contributed by atoms with Crippen molar-refractivity contribution in [2.24, 2.45) is 5.92 Å². The van der Waals surface area contributed by atoms with E-state index in [1.807, 2.05) is 6.07 Å². The minimum Gasteiger partial charge on any atom is -0.465 e. The van der Waals surface area contributed by atoms with E-state index in [0.29, 0.717) is 19.0 Å². The maximum absolute atomic E-state index is 13.0. The van der Waals surface area contributed by atoms with Crippen LogP contribution in [-0.2, 0) is 9.59 Å². The number of hydrogen-bond donors (Lipinski definition) is 2. The molecule has 1 atom stereocenters. The third-order valence-corrected chi connectivity index (χ3v) is 6.90. The van der Waals surface area contributed by atoms with Crippen LogP contribution in [0.5, 0.6) is 0 Å². The molecule has 1 unspecified atom stereocenters. The zero-order chi connectivity index (χ0) is 23.3. The van der Waals surface area contributed by atoms with E-state index in [-0.39, 0.29) is 24.0 Å². The van der Waals surface area contributed by atoms with Crippen LogP contribution in [0.25, 0.3) is 0 Å². The predicted molar refractivity (Wildman–Crippen MR) is 115 cm³/mol. The number of likely N-dealkylation sites (tertiary alicyclic amines) is 1. The first-order chi connectivity index (χ1) is 15.8. The molecule has 0 radical (unpaired) electrons. The van der Waals surface area contributed by atoms with Crippen LogP contribution < -0.4 is 10.2 Å². The predicted octanol–water partition coefficient (Wildman–Crippen LogP) is -0.180. The quantitative estimate of drug-likeness (QED) is 0.598. The van der Waals surface area contributed by atoms with Crippen LogP contribution in [0.1, 0.15) is 33.6 Å². The van der Waals surface area contributed by atoms with Crippen molar-refractivity contribution in [1.29, 1.82) is 0 Å². The number of imide groups is 2. The number of benzene rings is 1. The van der Waals surface area contributed by atoms with Crippen LogP contribution in [-0.4, -0.2) is 101 Å². The molecule has 1 aromatic rings. The molecule has 0 spiro atoms. The topological polar surface area (TPSA) is 131 Å². The number of piperazine rings is 1. The van der Waals surface area contributed by atoms with Crippen molar-refractivity contribution in [3.05, 3.63) is 29.3 Å². The molecule has 4 aliphatic rings. The highest BCUT2D eigenvalue weighted by molar-refractivity contribution is 6.23. The fourth-order valence-corrected chi connectivity index (χ4v) is 5.05. The molecule has 0 bridgehead atoms. The molecule has 0 saturated carbocycles. The summed E-state index contributed by atoms with van der Waals surface area (Å²) in [5.41, 5.74) is 1.41. The number of amides is 5. The molecular weight excluding hydrogens is 430 g/mol. The number of nitrogens with zero attached hydrogens (tertiary/aromatic N) is 4. The van der Waals surface area contributed by atoms with E-state index in [1.165, 1.54) is 4.90 Å². The number of nitrogens with one attached hydrogen (secondary N) is 1. The Hall–Kier alpha value is -3.47. The Morgan fingerprint density at radius 1 is 1.00 bits per heavy atom. The third kappa shape index (κ3) is 3.82. The molecule has 5 rings (SSSR count). The van der Waals surface area contributed by atoms with Gasteiger partial charge in [0.15, 0.2) is 0 Å². The Balaban J connectivity index is 1.22. The van der Waals surface area contributed by atoms with Gasteiger partial charge in [0, 0.05) is 63.8 Å². The molecule has 11 heteroatoms. The van der Waals surface area contributed by atoms with Crippen LogP contribution >= 0.6 is 0 Å². The summed E-state index contributed by atoms with van der Waals surface area (Å²) >= 11 is 0. The molecular formula is C22H25N5O6. The molecule has 3 saturated heterocycles.